The van der Waals surface area contributed by atoms with E-state index < -0.39 is 34.5 Å². The number of halogens is 3. The van der Waals surface area contributed by atoms with Gasteiger partial charge in [0.05, 0.1) is 16.8 Å². The van der Waals surface area contributed by atoms with Crippen molar-refractivity contribution >= 4 is 22.5 Å². The lowest BCUT2D eigenvalue weighted by Crippen LogP contribution is -2.37. The number of hydrogen-bond donors (Lipinski definition) is 2. The second kappa shape index (κ2) is 7.98. The van der Waals surface area contributed by atoms with Crippen LogP contribution >= 0.6 is 0 Å². The number of aromatic amines is 1. The number of amides is 1. The molecule has 1 aromatic heterocycles. The fraction of sp³-hybridized carbons (Fsp3) is 0.238. The Morgan fingerprint density at radius 3 is 2.45 bits per heavy atom. The van der Waals surface area contributed by atoms with Crippen molar-refractivity contribution in [2.45, 2.75) is 25.9 Å². The topological polar surface area (TPSA) is 73.4 Å². The Balaban J connectivity index is 2.19. The van der Waals surface area contributed by atoms with Crippen LogP contribution in [0.25, 0.3) is 10.9 Å². The lowest BCUT2D eigenvalue weighted by atomic mass is 10.1. The molecule has 3 rings (SSSR count). The van der Waals surface area contributed by atoms with Gasteiger partial charge in [-0.05, 0) is 30.7 Å². The molecule has 0 aliphatic heterocycles. The van der Waals surface area contributed by atoms with Gasteiger partial charge in [-0.25, -0.2) is 0 Å². The number of fused-ring (bicyclic) bond motifs is 1. The van der Waals surface area contributed by atoms with Crippen LogP contribution in [0.3, 0.4) is 0 Å². The lowest BCUT2D eigenvalue weighted by molar-refractivity contribution is -0.137. The van der Waals surface area contributed by atoms with Gasteiger partial charge in [-0.1, -0.05) is 37.6 Å². The number of carbonyl (C=O) groups is 1. The van der Waals surface area contributed by atoms with E-state index >= 15 is 0 Å². The zero-order chi connectivity index (χ0) is 21.2. The monoisotopic (exact) mass is 404 g/mol. The van der Waals surface area contributed by atoms with Gasteiger partial charge >= 0.3 is 6.18 Å². The molecular weight excluding hydrogens is 385 g/mol. The number of H-pyrrole nitrogens is 1. The van der Waals surface area contributed by atoms with Gasteiger partial charge in [0.15, 0.2) is 0 Å². The summed E-state index contributed by atoms with van der Waals surface area (Å²) in [5.74, 6) is -1.54. The van der Waals surface area contributed by atoms with Gasteiger partial charge in [-0.3, -0.25) is 9.59 Å². The maximum Gasteiger partial charge on any atom is 0.418 e. The van der Waals surface area contributed by atoms with E-state index in [9.17, 15) is 27.9 Å². The molecule has 29 heavy (non-hydrogen) atoms. The van der Waals surface area contributed by atoms with Gasteiger partial charge in [0, 0.05) is 11.9 Å². The molecule has 8 heteroatoms. The highest BCUT2D eigenvalue weighted by atomic mass is 19.4. The standard InChI is InChI=1S/C21H19F3N2O3/c1-2-3-12-26(16-11-7-5-9-14(16)21(22,23)24)20(29)17-18(27)13-8-4-6-10-15(13)25-19(17)28/h4-11H,2-3,12H2,1H3,(H2,25,27,28). The van der Waals surface area contributed by atoms with Gasteiger partial charge in [0.2, 0.25) is 0 Å². The molecule has 0 aliphatic carbocycles. The Labute approximate surface area is 164 Å². The van der Waals surface area contributed by atoms with Crippen molar-refractivity contribution in [1.29, 1.82) is 0 Å². The van der Waals surface area contributed by atoms with E-state index in [0.29, 0.717) is 18.4 Å². The molecule has 3 aromatic rings. The lowest BCUT2D eigenvalue weighted by Gasteiger charge is -2.26. The quantitative estimate of drug-likeness (QED) is 0.647. The highest BCUT2D eigenvalue weighted by Gasteiger charge is 2.36. The largest absolute Gasteiger partial charge is 0.506 e. The highest BCUT2D eigenvalue weighted by molar-refractivity contribution is 6.10. The normalized spacial score (nSPS) is 11.6. The third-order valence-corrected chi connectivity index (χ3v) is 4.59. The van der Waals surface area contributed by atoms with E-state index in [4.69, 9.17) is 0 Å². The maximum absolute atomic E-state index is 13.5. The van der Waals surface area contributed by atoms with Crippen molar-refractivity contribution in [3.8, 4) is 5.75 Å². The third-order valence-electron chi connectivity index (χ3n) is 4.59. The van der Waals surface area contributed by atoms with Crippen molar-refractivity contribution in [2.24, 2.45) is 0 Å². The Kier molecular flexibility index (Phi) is 5.63. The highest BCUT2D eigenvalue weighted by Crippen LogP contribution is 2.37. The van der Waals surface area contributed by atoms with Crippen molar-refractivity contribution in [3.05, 3.63) is 70.0 Å². The first-order valence-corrected chi connectivity index (χ1v) is 9.07. The summed E-state index contributed by atoms with van der Waals surface area (Å²) >= 11 is 0. The summed E-state index contributed by atoms with van der Waals surface area (Å²) in [6, 6.07) is 11.0. The molecular formula is C21H19F3N2O3. The van der Waals surface area contributed by atoms with E-state index in [1.807, 2.05) is 6.92 Å². The van der Waals surface area contributed by atoms with Gasteiger partial charge in [0.1, 0.15) is 11.3 Å². The maximum atomic E-state index is 13.5. The van der Waals surface area contributed by atoms with Gasteiger partial charge in [-0.2, -0.15) is 13.2 Å². The van der Waals surface area contributed by atoms with Crippen LogP contribution in [-0.2, 0) is 6.18 Å². The van der Waals surface area contributed by atoms with Crippen LogP contribution < -0.4 is 10.5 Å². The first kappa shape index (κ1) is 20.4. The average Bonchev–Trinajstić information content (AvgIpc) is 2.68. The number of rotatable bonds is 5. The van der Waals surface area contributed by atoms with Crippen LogP contribution in [0.15, 0.2) is 53.3 Å². The summed E-state index contributed by atoms with van der Waals surface area (Å²) in [5.41, 5.74) is -2.47. The number of para-hydroxylation sites is 2. The van der Waals surface area contributed by atoms with Crippen molar-refractivity contribution in [2.75, 3.05) is 11.4 Å². The van der Waals surface area contributed by atoms with Crippen molar-refractivity contribution < 1.29 is 23.1 Å². The zero-order valence-corrected chi connectivity index (χ0v) is 15.6. The number of nitrogens with one attached hydrogen (secondary N) is 1. The van der Waals surface area contributed by atoms with E-state index in [-0.39, 0.29) is 17.6 Å². The number of carbonyl (C=O) groups excluding carboxylic acids is 1. The summed E-state index contributed by atoms with van der Waals surface area (Å²) in [5, 5.41) is 10.8. The molecule has 0 atom stereocenters. The first-order chi connectivity index (χ1) is 13.8. The summed E-state index contributed by atoms with van der Waals surface area (Å²) in [6.45, 7) is 1.80. The number of unbranched alkanes of at least 4 members (excludes halogenated alkanes) is 1. The number of hydrogen-bond acceptors (Lipinski definition) is 3. The second-order valence-corrected chi connectivity index (χ2v) is 6.55. The van der Waals surface area contributed by atoms with E-state index in [2.05, 4.69) is 4.98 Å². The molecule has 0 radical (unpaired) electrons. The van der Waals surface area contributed by atoms with Crippen molar-refractivity contribution in [3.63, 3.8) is 0 Å². The summed E-state index contributed by atoms with van der Waals surface area (Å²) in [4.78, 5) is 29.1. The fourth-order valence-electron chi connectivity index (χ4n) is 3.16. The van der Waals surface area contributed by atoms with Crippen LogP contribution in [-0.4, -0.2) is 22.5 Å². The Bertz CT molecular complexity index is 1110. The molecule has 0 saturated heterocycles. The average molecular weight is 404 g/mol. The Hall–Kier alpha value is -3.29. The molecule has 0 spiro atoms. The minimum Gasteiger partial charge on any atom is -0.506 e. The van der Waals surface area contributed by atoms with Crippen LogP contribution in [0.1, 0.15) is 35.7 Å². The molecule has 0 aliphatic rings. The number of benzene rings is 2. The molecule has 1 heterocycles. The molecule has 2 aromatic carbocycles. The molecule has 5 nitrogen and oxygen atoms in total. The summed E-state index contributed by atoms with van der Waals surface area (Å²) in [7, 11) is 0. The zero-order valence-electron chi connectivity index (χ0n) is 15.6. The number of pyridine rings is 1. The van der Waals surface area contributed by atoms with Gasteiger partial charge < -0.3 is 15.0 Å². The first-order valence-electron chi connectivity index (χ1n) is 9.07. The summed E-state index contributed by atoms with van der Waals surface area (Å²) < 4.78 is 40.5. The van der Waals surface area contributed by atoms with Crippen LogP contribution in [0.5, 0.6) is 5.75 Å². The molecule has 1 amide bonds. The molecule has 0 bridgehead atoms. The van der Waals surface area contributed by atoms with E-state index in [1.54, 1.807) is 18.2 Å². The predicted octanol–water partition coefficient (Wildman–Crippen LogP) is 4.70. The predicted molar refractivity (Wildman–Crippen MR) is 104 cm³/mol. The molecule has 2 N–H and O–H groups in total. The molecule has 0 saturated carbocycles. The Morgan fingerprint density at radius 2 is 1.76 bits per heavy atom. The minimum atomic E-state index is -4.68. The number of aromatic nitrogens is 1. The number of alkyl halides is 3. The van der Waals surface area contributed by atoms with Gasteiger partial charge in [-0.15, -0.1) is 0 Å². The number of anilines is 1. The van der Waals surface area contributed by atoms with Crippen LogP contribution in [0.2, 0.25) is 0 Å². The fourth-order valence-corrected chi connectivity index (χ4v) is 3.16. The number of aromatic hydroxyl groups is 1. The van der Waals surface area contributed by atoms with E-state index in [1.165, 1.54) is 24.3 Å². The third kappa shape index (κ3) is 3.96. The van der Waals surface area contributed by atoms with Crippen molar-refractivity contribution in [1.82, 2.24) is 4.98 Å². The van der Waals surface area contributed by atoms with Crippen LogP contribution in [0.4, 0.5) is 18.9 Å². The van der Waals surface area contributed by atoms with E-state index in [0.717, 1.165) is 11.0 Å². The van der Waals surface area contributed by atoms with Crippen LogP contribution in [0, 0.1) is 0 Å². The summed E-state index contributed by atoms with van der Waals surface area (Å²) in [6.07, 6.45) is -3.64. The number of nitrogens with zero attached hydrogens (tertiary/aromatic N) is 1. The molecule has 0 unspecified atom stereocenters. The minimum absolute atomic E-state index is 0.0336. The Morgan fingerprint density at radius 1 is 1.10 bits per heavy atom. The SMILES string of the molecule is CCCCN(C(=O)c1c(O)c2ccccc2[nH]c1=O)c1ccccc1C(F)(F)F. The molecule has 152 valence electrons. The van der Waals surface area contributed by atoms with Gasteiger partial charge in [0.25, 0.3) is 11.5 Å². The smallest absolute Gasteiger partial charge is 0.418 e. The second-order valence-electron chi connectivity index (χ2n) is 6.55. The molecule has 0 fully saturated rings.